The standard InChI is InChI=1S/C9H10O.C9H8O/c2*1-2-8-4-3-5-9(6-8)7-10/h2-6,10H,1,7H2;2-7H,1H2. The zero-order valence-electron chi connectivity index (χ0n) is 11.3. The molecule has 0 amide bonds. The molecule has 0 atom stereocenters. The average Bonchev–Trinajstić information content (AvgIpc) is 2.55. The highest BCUT2D eigenvalue weighted by Gasteiger charge is 1.89. The Labute approximate surface area is 119 Å². The molecule has 0 heterocycles. The topological polar surface area (TPSA) is 37.3 Å². The van der Waals surface area contributed by atoms with E-state index in [1.54, 1.807) is 24.3 Å². The molecule has 0 saturated carbocycles. The predicted octanol–water partition coefficient (Wildman–Crippen LogP) is 3.96. The zero-order chi connectivity index (χ0) is 14.8. The first-order valence-electron chi connectivity index (χ1n) is 6.23. The van der Waals surface area contributed by atoms with Gasteiger partial charge in [-0.2, -0.15) is 0 Å². The minimum Gasteiger partial charge on any atom is -0.392 e. The molecule has 20 heavy (non-hydrogen) atoms. The van der Waals surface area contributed by atoms with Gasteiger partial charge in [-0.25, -0.2) is 0 Å². The molecule has 0 aliphatic heterocycles. The maximum absolute atomic E-state index is 10.2. The summed E-state index contributed by atoms with van der Waals surface area (Å²) in [5, 5.41) is 8.72. The summed E-state index contributed by atoms with van der Waals surface area (Å²) in [6, 6.07) is 14.9. The molecule has 102 valence electrons. The second-order valence-corrected chi connectivity index (χ2v) is 4.10. The van der Waals surface area contributed by atoms with Crippen molar-refractivity contribution in [1.82, 2.24) is 0 Å². The van der Waals surface area contributed by atoms with Gasteiger partial charge in [-0.15, -0.1) is 0 Å². The lowest BCUT2D eigenvalue weighted by Crippen LogP contribution is -1.81. The molecule has 2 rings (SSSR count). The van der Waals surface area contributed by atoms with E-state index in [1.165, 1.54) is 0 Å². The van der Waals surface area contributed by atoms with E-state index in [1.807, 2.05) is 36.4 Å². The molecule has 0 aliphatic carbocycles. The summed E-state index contributed by atoms with van der Waals surface area (Å²) in [5.41, 5.74) is 3.64. The van der Waals surface area contributed by atoms with Crippen LogP contribution in [0.2, 0.25) is 0 Å². The molecular weight excluding hydrogens is 248 g/mol. The number of aldehydes is 1. The van der Waals surface area contributed by atoms with Crippen LogP contribution >= 0.6 is 0 Å². The molecule has 0 fully saturated rings. The Bertz CT molecular complexity index is 562. The van der Waals surface area contributed by atoms with Crippen LogP contribution in [-0.4, -0.2) is 11.4 Å². The van der Waals surface area contributed by atoms with Crippen LogP contribution in [0.5, 0.6) is 0 Å². The second kappa shape index (κ2) is 8.62. The fourth-order valence-corrected chi connectivity index (χ4v) is 1.58. The summed E-state index contributed by atoms with van der Waals surface area (Å²) in [5.74, 6) is 0. The third-order valence-corrected chi connectivity index (χ3v) is 2.65. The van der Waals surface area contributed by atoms with Crippen molar-refractivity contribution in [3.8, 4) is 0 Å². The SMILES string of the molecule is C=Cc1cccc(C=O)c1.C=Cc1cccc(CO)c1. The molecule has 2 heteroatoms. The van der Waals surface area contributed by atoms with Crippen LogP contribution in [0.25, 0.3) is 12.2 Å². The normalized spacial score (nSPS) is 9.05. The van der Waals surface area contributed by atoms with E-state index < -0.39 is 0 Å². The first-order chi connectivity index (χ1) is 9.73. The predicted molar refractivity (Wildman–Crippen MR) is 84.4 cm³/mol. The van der Waals surface area contributed by atoms with E-state index in [0.29, 0.717) is 5.56 Å². The van der Waals surface area contributed by atoms with Crippen molar-refractivity contribution in [3.05, 3.63) is 83.9 Å². The maximum atomic E-state index is 10.2. The van der Waals surface area contributed by atoms with Gasteiger partial charge in [0.1, 0.15) is 6.29 Å². The van der Waals surface area contributed by atoms with E-state index in [4.69, 9.17) is 5.11 Å². The van der Waals surface area contributed by atoms with Gasteiger partial charge in [-0.1, -0.05) is 61.7 Å². The van der Waals surface area contributed by atoms with Gasteiger partial charge in [-0.05, 0) is 28.8 Å². The van der Waals surface area contributed by atoms with Crippen molar-refractivity contribution < 1.29 is 9.90 Å². The number of hydrogen-bond donors (Lipinski definition) is 1. The fraction of sp³-hybridized carbons (Fsp3) is 0.0556. The summed E-state index contributed by atoms with van der Waals surface area (Å²) in [4.78, 5) is 10.2. The van der Waals surface area contributed by atoms with E-state index in [-0.39, 0.29) is 6.61 Å². The monoisotopic (exact) mass is 266 g/mol. The van der Waals surface area contributed by atoms with Crippen LogP contribution in [0.4, 0.5) is 0 Å². The van der Waals surface area contributed by atoms with Gasteiger partial charge in [0.2, 0.25) is 0 Å². The van der Waals surface area contributed by atoms with Crippen LogP contribution < -0.4 is 0 Å². The molecule has 1 N–H and O–H groups in total. The van der Waals surface area contributed by atoms with Crippen molar-refractivity contribution in [3.63, 3.8) is 0 Å². The molecule has 0 spiro atoms. The molecule has 0 unspecified atom stereocenters. The lowest BCUT2D eigenvalue weighted by Gasteiger charge is -1.95. The van der Waals surface area contributed by atoms with Crippen molar-refractivity contribution in [2.24, 2.45) is 0 Å². The Morgan fingerprint density at radius 1 is 0.900 bits per heavy atom. The minimum absolute atomic E-state index is 0.0989. The van der Waals surface area contributed by atoms with Gasteiger partial charge >= 0.3 is 0 Å². The second-order valence-electron chi connectivity index (χ2n) is 4.10. The third-order valence-electron chi connectivity index (χ3n) is 2.65. The van der Waals surface area contributed by atoms with Gasteiger partial charge in [0.05, 0.1) is 6.61 Å². The number of carbonyl (C=O) groups excluding carboxylic acids is 1. The molecule has 0 saturated heterocycles. The molecule has 2 nitrogen and oxygen atoms in total. The smallest absolute Gasteiger partial charge is 0.150 e. The van der Waals surface area contributed by atoms with Gasteiger partial charge < -0.3 is 5.11 Å². The minimum atomic E-state index is 0.0989. The van der Waals surface area contributed by atoms with Crippen LogP contribution in [0.1, 0.15) is 27.0 Å². The lowest BCUT2D eigenvalue weighted by molar-refractivity contribution is 0.112. The number of rotatable bonds is 4. The molecule has 2 aromatic carbocycles. The summed E-state index contributed by atoms with van der Waals surface area (Å²) in [6.45, 7) is 7.31. The molecule has 2 aromatic rings. The molecule has 0 bridgehead atoms. The van der Waals surface area contributed by atoms with Crippen molar-refractivity contribution >= 4 is 18.4 Å². The van der Waals surface area contributed by atoms with E-state index in [9.17, 15) is 4.79 Å². The van der Waals surface area contributed by atoms with Crippen LogP contribution in [0, 0.1) is 0 Å². The van der Waals surface area contributed by atoms with Crippen LogP contribution in [-0.2, 0) is 6.61 Å². The molecule has 0 radical (unpaired) electrons. The first kappa shape index (κ1) is 15.6. The highest BCUT2D eigenvalue weighted by atomic mass is 16.3. The number of aliphatic hydroxyl groups excluding tert-OH is 1. The van der Waals surface area contributed by atoms with Crippen molar-refractivity contribution in [1.29, 1.82) is 0 Å². The maximum Gasteiger partial charge on any atom is 0.150 e. The van der Waals surface area contributed by atoms with Gasteiger partial charge in [-0.3, -0.25) is 4.79 Å². The Hall–Kier alpha value is -2.45. The quantitative estimate of drug-likeness (QED) is 0.850. The largest absolute Gasteiger partial charge is 0.392 e. The summed E-state index contributed by atoms with van der Waals surface area (Å²) in [6.07, 6.45) is 4.30. The van der Waals surface area contributed by atoms with Crippen LogP contribution in [0.15, 0.2) is 61.7 Å². The fourth-order valence-electron chi connectivity index (χ4n) is 1.58. The highest BCUT2D eigenvalue weighted by molar-refractivity contribution is 5.76. The Balaban J connectivity index is 0.000000200. The molecular formula is C18H18O2. The highest BCUT2D eigenvalue weighted by Crippen LogP contribution is 2.05. The summed E-state index contributed by atoms with van der Waals surface area (Å²) >= 11 is 0. The number of aliphatic hydroxyl groups is 1. The molecule has 0 aromatic heterocycles. The van der Waals surface area contributed by atoms with Crippen LogP contribution in [0.3, 0.4) is 0 Å². The van der Waals surface area contributed by atoms with E-state index in [0.717, 1.165) is 23.0 Å². The van der Waals surface area contributed by atoms with E-state index >= 15 is 0 Å². The lowest BCUT2D eigenvalue weighted by atomic mass is 10.1. The summed E-state index contributed by atoms with van der Waals surface area (Å²) < 4.78 is 0. The number of carbonyl (C=O) groups is 1. The van der Waals surface area contributed by atoms with Crippen molar-refractivity contribution in [2.45, 2.75) is 6.61 Å². The Kier molecular flexibility index (Phi) is 6.72. The Morgan fingerprint density at radius 3 is 2.00 bits per heavy atom. The number of hydrogen-bond acceptors (Lipinski definition) is 2. The molecule has 0 aliphatic rings. The van der Waals surface area contributed by atoms with E-state index in [2.05, 4.69) is 13.2 Å². The third kappa shape index (κ3) is 5.04. The first-order valence-corrected chi connectivity index (χ1v) is 6.23. The van der Waals surface area contributed by atoms with Gasteiger partial charge in [0.25, 0.3) is 0 Å². The Morgan fingerprint density at radius 2 is 1.45 bits per heavy atom. The summed E-state index contributed by atoms with van der Waals surface area (Å²) in [7, 11) is 0. The van der Waals surface area contributed by atoms with Crippen molar-refractivity contribution in [2.75, 3.05) is 0 Å². The number of benzene rings is 2. The average molecular weight is 266 g/mol. The zero-order valence-corrected chi connectivity index (χ0v) is 11.3. The van der Waals surface area contributed by atoms with Gasteiger partial charge in [0, 0.05) is 5.56 Å². The van der Waals surface area contributed by atoms with Gasteiger partial charge in [0.15, 0.2) is 0 Å².